The van der Waals surface area contributed by atoms with Crippen molar-refractivity contribution in [2.75, 3.05) is 5.32 Å². The largest absolute Gasteiger partial charge is 0.357 e. The van der Waals surface area contributed by atoms with Crippen LogP contribution in [0.15, 0.2) is 18.3 Å². The highest BCUT2D eigenvalue weighted by Crippen LogP contribution is 2.26. The first-order chi connectivity index (χ1) is 9.02. The second kappa shape index (κ2) is 4.63. The van der Waals surface area contributed by atoms with Crippen LogP contribution in [0.2, 0.25) is 0 Å². The molecule has 0 saturated heterocycles. The summed E-state index contributed by atoms with van der Waals surface area (Å²) in [7, 11) is 0. The molecule has 0 aliphatic heterocycles. The maximum absolute atomic E-state index is 4.66. The second-order valence-electron chi connectivity index (χ2n) is 6.14. The first-order valence-corrected chi connectivity index (χ1v) is 7.62. The van der Waals surface area contributed by atoms with E-state index in [4.69, 9.17) is 0 Å². The number of imidazole rings is 1. The maximum Gasteiger partial charge on any atom is 0.214 e. The van der Waals surface area contributed by atoms with Gasteiger partial charge in [0.2, 0.25) is 10.1 Å². The van der Waals surface area contributed by atoms with Gasteiger partial charge in [-0.05, 0) is 19.3 Å². The quantitative estimate of drug-likeness (QED) is 0.852. The number of allylic oxidation sites excluding steroid dienone is 1. The van der Waals surface area contributed by atoms with Crippen LogP contribution >= 0.6 is 11.3 Å². The third-order valence-electron chi connectivity index (χ3n) is 3.41. The summed E-state index contributed by atoms with van der Waals surface area (Å²) < 4.78 is 1.90. The van der Waals surface area contributed by atoms with Crippen LogP contribution in [0.4, 0.5) is 5.13 Å². The SMILES string of the molecule is CC(C)(C)c1cn2nc(NC3CC=CCC3)sc2n1. The van der Waals surface area contributed by atoms with Crippen molar-refractivity contribution in [3.63, 3.8) is 0 Å². The lowest BCUT2D eigenvalue weighted by Crippen LogP contribution is -2.20. The van der Waals surface area contributed by atoms with Gasteiger partial charge in [0.25, 0.3) is 0 Å². The summed E-state index contributed by atoms with van der Waals surface area (Å²) in [5.41, 5.74) is 1.17. The van der Waals surface area contributed by atoms with E-state index < -0.39 is 0 Å². The normalized spacial score (nSPS) is 20.1. The van der Waals surface area contributed by atoms with Crippen molar-refractivity contribution in [2.24, 2.45) is 0 Å². The highest BCUT2D eigenvalue weighted by Gasteiger charge is 2.20. The molecule has 1 unspecified atom stereocenters. The molecule has 0 spiro atoms. The van der Waals surface area contributed by atoms with Crippen molar-refractivity contribution in [3.05, 3.63) is 24.0 Å². The Balaban J connectivity index is 1.79. The van der Waals surface area contributed by atoms with E-state index in [1.54, 1.807) is 11.3 Å². The second-order valence-corrected chi connectivity index (χ2v) is 7.09. The average Bonchev–Trinajstić information content (AvgIpc) is 2.87. The van der Waals surface area contributed by atoms with Crippen LogP contribution < -0.4 is 5.32 Å². The summed E-state index contributed by atoms with van der Waals surface area (Å²) >= 11 is 1.63. The molecule has 19 heavy (non-hydrogen) atoms. The van der Waals surface area contributed by atoms with E-state index in [2.05, 4.69) is 48.3 Å². The van der Waals surface area contributed by atoms with Crippen molar-refractivity contribution >= 4 is 21.4 Å². The lowest BCUT2D eigenvalue weighted by atomic mass is 9.93. The van der Waals surface area contributed by atoms with Crippen molar-refractivity contribution in [1.29, 1.82) is 0 Å². The van der Waals surface area contributed by atoms with Gasteiger partial charge < -0.3 is 5.32 Å². The van der Waals surface area contributed by atoms with E-state index in [-0.39, 0.29) is 5.41 Å². The monoisotopic (exact) mass is 276 g/mol. The van der Waals surface area contributed by atoms with Crippen molar-refractivity contribution in [1.82, 2.24) is 14.6 Å². The molecule has 3 rings (SSSR count). The van der Waals surface area contributed by atoms with Crippen molar-refractivity contribution in [3.8, 4) is 0 Å². The molecule has 1 N–H and O–H groups in total. The van der Waals surface area contributed by atoms with Crippen molar-refractivity contribution < 1.29 is 0 Å². The molecule has 2 aromatic heterocycles. The fraction of sp³-hybridized carbons (Fsp3) is 0.571. The first kappa shape index (κ1) is 12.7. The molecule has 0 fully saturated rings. The lowest BCUT2D eigenvalue weighted by molar-refractivity contribution is 0.572. The van der Waals surface area contributed by atoms with Gasteiger partial charge in [-0.1, -0.05) is 44.3 Å². The molecule has 5 heteroatoms. The number of aromatic nitrogens is 3. The number of anilines is 1. The molecule has 102 valence electrons. The summed E-state index contributed by atoms with van der Waals surface area (Å²) in [5, 5.41) is 9.06. The van der Waals surface area contributed by atoms with Gasteiger partial charge in [0, 0.05) is 11.5 Å². The third-order valence-corrected chi connectivity index (χ3v) is 4.26. The Kier molecular flexibility index (Phi) is 3.09. The molecule has 0 amide bonds. The highest BCUT2D eigenvalue weighted by atomic mass is 32.1. The number of nitrogens with zero attached hydrogens (tertiary/aromatic N) is 3. The minimum atomic E-state index is 0.0785. The zero-order chi connectivity index (χ0) is 13.5. The number of hydrogen-bond acceptors (Lipinski definition) is 4. The Hall–Kier alpha value is -1.36. The molecule has 4 nitrogen and oxygen atoms in total. The molecular weight excluding hydrogens is 256 g/mol. The lowest BCUT2D eigenvalue weighted by Gasteiger charge is -2.18. The van der Waals surface area contributed by atoms with Gasteiger partial charge in [0.1, 0.15) is 0 Å². The molecule has 1 aliphatic carbocycles. The number of nitrogens with one attached hydrogen (secondary N) is 1. The van der Waals surface area contributed by atoms with Gasteiger partial charge in [-0.25, -0.2) is 9.50 Å². The van der Waals surface area contributed by atoms with Gasteiger partial charge in [-0.2, -0.15) is 0 Å². The van der Waals surface area contributed by atoms with Crippen molar-refractivity contribution in [2.45, 2.75) is 51.5 Å². The minimum Gasteiger partial charge on any atom is -0.357 e. The molecule has 0 aromatic carbocycles. The molecule has 0 radical (unpaired) electrons. The van der Waals surface area contributed by atoms with Crippen LogP contribution in [-0.2, 0) is 5.41 Å². The van der Waals surface area contributed by atoms with Crippen LogP contribution in [0.25, 0.3) is 4.96 Å². The first-order valence-electron chi connectivity index (χ1n) is 6.80. The van der Waals surface area contributed by atoms with E-state index in [0.29, 0.717) is 6.04 Å². The number of fused-ring (bicyclic) bond motifs is 1. The third kappa shape index (κ3) is 2.66. The van der Waals surface area contributed by atoms with E-state index in [1.165, 1.54) is 6.42 Å². The fourth-order valence-corrected chi connectivity index (χ4v) is 3.08. The molecule has 1 aliphatic rings. The fourth-order valence-electron chi connectivity index (χ4n) is 2.22. The molecular formula is C14H20N4S. The van der Waals surface area contributed by atoms with Crippen LogP contribution in [0.3, 0.4) is 0 Å². The molecule has 2 aromatic rings. The maximum atomic E-state index is 4.66. The van der Waals surface area contributed by atoms with E-state index in [9.17, 15) is 0 Å². The summed E-state index contributed by atoms with van der Waals surface area (Å²) in [6, 6.07) is 0.517. The smallest absolute Gasteiger partial charge is 0.214 e. The van der Waals surface area contributed by atoms with Gasteiger partial charge in [0.15, 0.2) is 0 Å². The Bertz CT molecular complexity index is 571. The Morgan fingerprint density at radius 1 is 1.37 bits per heavy atom. The summed E-state index contributed by atoms with van der Waals surface area (Å²) in [4.78, 5) is 5.63. The molecule has 0 bridgehead atoms. The number of rotatable bonds is 2. The van der Waals surface area contributed by atoms with Gasteiger partial charge in [0.05, 0.1) is 11.9 Å². The van der Waals surface area contributed by atoms with Gasteiger partial charge in [-0.15, -0.1) is 5.10 Å². The van der Waals surface area contributed by atoms with Crippen LogP contribution in [-0.4, -0.2) is 20.6 Å². The van der Waals surface area contributed by atoms with Gasteiger partial charge in [-0.3, -0.25) is 0 Å². The predicted octanol–water partition coefficient (Wildman–Crippen LogP) is 3.61. The summed E-state index contributed by atoms with van der Waals surface area (Å²) in [6.45, 7) is 6.52. The highest BCUT2D eigenvalue weighted by molar-refractivity contribution is 7.20. The van der Waals surface area contributed by atoms with Crippen LogP contribution in [0, 0.1) is 0 Å². The summed E-state index contributed by atoms with van der Waals surface area (Å²) in [6.07, 6.45) is 9.98. The molecule has 2 heterocycles. The zero-order valence-electron chi connectivity index (χ0n) is 11.7. The predicted molar refractivity (Wildman–Crippen MR) is 80.0 cm³/mol. The Morgan fingerprint density at radius 2 is 2.21 bits per heavy atom. The standard InChI is InChI=1S/C14H20N4S/c1-14(2,3)11-9-18-13(16-11)19-12(17-18)15-10-7-5-4-6-8-10/h4-5,9-10H,6-8H2,1-3H3,(H,15,17). The zero-order valence-corrected chi connectivity index (χ0v) is 12.5. The Labute approximate surface area is 117 Å². The van der Waals surface area contributed by atoms with Crippen LogP contribution in [0.1, 0.15) is 45.7 Å². The molecule has 1 atom stereocenters. The number of hydrogen-bond donors (Lipinski definition) is 1. The van der Waals surface area contributed by atoms with E-state index in [0.717, 1.165) is 28.6 Å². The van der Waals surface area contributed by atoms with Gasteiger partial charge >= 0.3 is 0 Å². The van der Waals surface area contributed by atoms with Crippen LogP contribution in [0.5, 0.6) is 0 Å². The minimum absolute atomic E-state index is 0.0785. The van der Waals surface area contributed by atoms with E-state index in [1.807, 2.05) is 10.7 Å². The Morgan fingerprint density at radius 3 is 2.84 bits per heavy atom. The average molecular weight is 276 g/mol. The summed E-state index contributed by atoms with van der Waals surface area (Å²) in [5.74, 6) is 0. The molecule has 0 saturated carbocycles. The van der Waals surface area contributed by atoms with E-state index >= 15 is 0 Å². The topological polar surface area (TPSA) is 42.2 Å².